The van der Waals surface area contributed by atoms with Crippen LogP contribution in [0, 0.1) is 5.92 Å². The molecule has 18 heteroatoms. The van der Waals surface area contributed by atoms with Crippen LogP contribution in [0.25, 0.3) is 0 Å². The summed E-state index contributed by atoms with van der Waals surface area (Å²) in [6, 6.07) is -7.16. The molecule has 0 unspecified atom stereocenters. The quantitative estimate of drug-likeness (QED) is 0.0411. The average molecular weight is 828 g/mol. The number of aliphatic hydroxyl groups is 2. The summed E-state index contributed by atoms with van der Waals surface area (Å²) in [6.07, 6.45) is 12.3. The van der Waals surface area contributed by atoms with Crippen molar-refractivity contribution in [3.05, 3.63) is 0 Å². The van der Waals surface area contributed by atoms with E-state index in [-0.39, 0.29) is 19.3 Å². The van der Waals surface area contributed by atoms with Gasteiger partial charge in [0.05, 0.1) is 12.7 Å². The molecular weight excluding hydrogens is 754 g/mol. The van der Waals surface area contributed by atoms with Crippen molar-refractivity contribution < 1.29 is 53.7 Å². The van der Waals surface area contributed by atoms with E-state index < -0.39 is 109 Å². The number of aliphatic hydroxyl groups excluding tert-OH is 2. The van der Waals surface area contributed by atoms with E-state index in [0.29, 0.717) is 12.8 Å². The molecule has 334 valence electrons. The molecule has 0 bridgehead atoms. The standard InChI is InChI=1S/C40H73N7O11/c1-6-8-9-10-11-12-13-14-15-16-17-18-19-20-32(51)43-30(25-48)38(56)44-29(22-24-33(52)53)37(55)47-35(27(4)49)40(58)46-34(26(3)7-2)39(57)45-28(36(54)42-5)21-23-31(41)50/h26-30,34-35,48-49H,6-25H2,1-5H3,(H2,41,50)(H,42,54)(H,43,51)(H,44,56)(H,45,57)(H,46,58)(H,47,55)(H,52,53)/t26-,27+,28-,29-,30-,34-,35-/m0/s1. The molecule has 0 spiro atoms. The van der Waals surface area contributed by atoms with Gasteiger partial charge in [0.1, 0.15) is 30.2 Å². The number of carboxylic acid groups (broad SMARTS) is 1. The minimum atomic E-state index is -1.70. The molecule has 11 N–H and O–H groups in total. The Balaban J connectivity index is 5.45. The lowest BCUT2D eigenvalue weighted by atomic mass is 9.96. The van der Waals surface area contributed by atoms with E-state index in [4.69, 9.17) is 5.73 Å². The molecule has 0 aliphatic rings. The molecule has 0 saturated heterocycles. The summed E-state index contributed by atoms with van der Waals surface area (Å²) in [5.41, 5.74) is 5.20. The van der Waals surface area contributed by atoms with Gasteiger partial charge in [-0.15, -0.1) is 0 Å². The van der Waals surface area contributed by atoms with Gasteiger partial charge in [-0.25, -0.2) is 0 Å². The fourth-order valence-corrected chi connectivity index (χ4v) is 6.17. The van der Waals surface area contributed by atoms with Gasteiger partial charge in [0.25, 0.3) is 0 Å². The first-order valence-electron chi connectivity index (χ1n) is 21.0. The molecule has 0 rings (SSSR count). The van der Waals surface area contributed by atoms with E-state index in [1.54, 1.807) is 13.8 Å². The van der Waals surface area contributed by atoms with Crippen LogP contribution in [0.5, 0.6) is 0 Å². The number of unbranched alkanes of at least 4 members (excludes halogenated alkanes) is 12. The highest BCUT2D eigenvalue weighted by Crippen LogP contribution is 2.14. The summed E-state index contributed by atoms with van der Waals surface area (Å²) in [7, 11) is 1.34. The number of nitrogens with two attached hydrogens (primary N) is 1. The average Bonchev–Trinajstić information content (AvgIpc) is 3.18. The zero-order chi connectivity index (χ0) is 44.0. The molecule has 58 heavy (non-hydrogen) atoms. The molecular formula is C40H73N7O11. The molecule has 0 aromatic heterocycles. The zero-order valence-corrected chi connectivity index (χ0v) is 35.4. The minimum Gasteiger partial charge on any atom is -0.481 e. The van der Waals surface area contributed by atoms with Crippen LogP contribution in [0.4, 0.5) is 0 Å². The van der Waals surface area contributed by atoms with Crippen LogP contribution in [0.3, 0.4) is 0 Å². The maximum absolute atomic E-state index is 13.5. The number of amides is 7. The van der Waals surface area contributed by atoms with E-state index >= 15 is 0 Å². The second-order valence-electron chi connectivity index (χ2n) is 15.1. The lowest BCUT2D eigenvalue weighted by Crippen LogP contribution is -2.62. The number of likely N-dealkylation sites (N-methyl/N-ethyl adjacent to an activating group) is 1. The van der Waals surface area contributed by atoms with Crippen molar-refractivity contribution in [1.82, 2.24) is 31.9 Å². The molecule has 0 radical (unpaired) electrons. The number of hydrogen-bond donors (Lipinski definition) is 10. The molecule has 18 nitrogen and oxygen atoms in total. The van der Waals surface area contributed by atoms with Crippen molar-refractivity contribution in [3.63, 3.8) is 0 Å². The first kappa shape index (κ1) is 53.7. The zero-order valence-electron chi connectivity index (χ0n) is 35.4. The van der Waals surface area contributed by atoms with Crippen LogP contribution in [0.2, 0.25) is 0 Å². The molecule has 0 saturated carbocycles. The Hall–Kier alpha value is -4.32. The van der Waals surface area contributed by atoms with Crippen LogP contribution in [0.15, 0.2) is 0 Å². The molecule has 0 aliphatic heterocycles. The third kappa shape index (κ3) is 23.8. The normalized spacial score (nSPS) is 14.7. The lowest BCUT2D eigenvalue weighted by molar-refractivity contribution is -0.139. The van der Waals surface area contributed by atoms with Crippen LogP contribution in [-0.2, 0) is 38.4 Å². The second kappa shape index (κ2) is 31.6. The number of carbonyl (C=O) groups excluding carboxylic acids is 7. The van der Waals surface area contributed by atoms with Crippen LogP contribution in [-0.4, -0.2) is 113 Å². The molecule has 0 aliphatic carbocycles. The second-order valence-corrected chi connectivity index (χ2v) is 15.1. The molecule has 0 heterocycles. The first-order chi connectivity index (χ1) is 27.5. The summed E-state index contributed by atoms with van der Waals surface area (Å²) in [6.45, 7) is 5.97. The third-order valence-corrected chi connectivity index (χ3v) is 10.0. The fourth-order valence-electron chi connectivity index (χ4n) is 6.17. The maximum atomic E-state index is 13.5. The van der Waals surface area contributed by atoms with Gasteiger partial charge in [-0.05, 0) is 32.1 Å². The highest BCUT2D eigenvalue weighted by atomic mass is 16.4. The Labute approximate surface area is 343 Å². The Morgan fingerprint density at radius 1 is 0.552 bits per heavy atom. The van der Waals surface area contributed by atoms with Gasteiger partial charge in [0, 0.05) is 26.3 Å². The van der Waals surface area contributed by atoms with Gasteiger partial charge in [0.2, 0.25) is 41.4 Å². The van der Waals surface area contributed by atoms with Crippen molar-refractivity contribution in [3.8, 4) is 0 Å². The highest BCUT2D eigenvalue weighted by Gasteiger charge is 2.35. The largest absolute Gasteiger partial charge is 0.481 e. The van der Waals surface area contributed by atoms with Gasteiger partial charge in [-0.3, -0.25) is 38.4 Å². The summed E-state index contributed by atoms with van der Waals surface area (Å²) in [5.74, 6) is -7.41. The Morgan fingerprint density at radius 2 is 1.00 bits per heavy atom. The van der Waals surface area contributed by atoms with Crippen LogP contribution >= 0.6 is 0 Å². The molecule has 7 atom stereocenters. The van der Waals surface area contributed by atoms with E-state index in [0.717, 1.165) is 25.7 Å². The van der Waals surface area contributed by atoms with E-state index in [1.165, 1.54) is 65.3 Å². The van der Waals surface area contributed by atoms with Crippen molar-refractivity contribution in [2.24, 2.45) is 11.7 Å². The topological polar surface area (TPSA) is 295 Å². The number of aliphatic carboxylic acids is 1. The van der Waals surface area contributed by atoms with Gasteiger partial charge in [-0.2, -0.15) is 0 Å². The predicted molar refractivity (Wildman–Crippen MR) is 218 cm³/mol. The van der Waals surface area contributed by atoms with Crippen LogP contribution < -0.4 is 37.6 Å². The number of primary amides is 1. The van der Waals surface area contributed by atoms with Gasteiger partial charge in [0.15, 0.2) is 0 Å². The van der Waals surface area contributed by atoms with Gasteiger partial charge in [-0.1, -0.05) is 104 Å². The number of carboxylic acids is 1. The van der Waals surface area contributed by atoms with Crippen molar-refractivity contribution in [2.45, 2.75) is 186 Å². The molecule has 0 fully saturated rings. The lowest BCUT2D eigenvalue weighted by Gasteiger charge is -2.30. The fraction of sp³-hybridized carbons (Fsp3) is 0.800. The number of rotatable bonds is 34. The van der Waals surface area contributed by atoms with Crippen molar-refractivity contribution in [1.29, 1.82) is 0 Å². The van der Waals surface area contributed by atoms with E-state index in [1.807, 2.05) is 0 Å². The third-order valence-electron chi connectivity index (χ3n) is 10.0. The van der Waals surface area contributed by atoms with Crippen molar-refractivity contribution >= 4 is 47.3 Å². The van der Waals surface area contributed by atoms with Crippen LogP contribution in [0.1, 0.15) is 150 Å². The summed E-state index contributed by atoms with van der Waals surface area (Å²) in [5, 5.41) is 44.2. The maximum Gasteiger partial charge on any atom is 0.303 e. The number of nitrogens with one attached hydrogen (secondary N) is 6. The number of hydrogen-bond acceptors (Lipinski definition) is 10. The minimum absolute atomic E-state index is 0.113. The van der Waals surface area contributed by atoms with Crippen molar-refractivity contribution in [2.75, 3.05) is 13.7 Å². The van der Waals surface area contributed by atoms with E-state index in [9.17, 15) is 53.7 Å². The Kier molecular flexibility index (Phi) is 29.3. The monoisotopic (exact) mass is 828 g/mol. The Morgan fingerprint density at radius 3 is 1.47 bits per heavy atom. The molecule has 0 aromatic carbocycles. The number of carbonyl (C=O) groups is 8. The molecule has 0 aromatic rings. The summed E-state index contributed by atoms with van der Waals surface area (Å²) >= 11 is 0. The Bertz CT molecular complexity index is 1280. The first-order valence-corrected chi connectivity index (χ1v) is 21.0. The summed E-state index contributed by atoms with van der Waals surface area (Å²) < 4.78 is 0. The highest BCUT2D eigenvalue weighted by molar-refractivity contribution is 5.97. The SMILES string of the molecule is CCCCCCCCCCCCCCCC(=O)N[C@@H](CO)C(=O)N[C@@H](CCC(=O)O)C(=O)N[C@H](C(=O)N[C@H](C(=O)N[C@@H](CCC(N)=O)C(=O)NC)[C@@H](C)CC)[C@@H](C)O. The smallest absolute Gasteiger partial charge is 0.303 e. The molecule has 7 amide bonds. The summed E-state index contributed by atoms with van der Waals surface area (Å²) in [4.78, 5) is 101. The van der Waals surface area contributed by atoms with Gasteiger partial charge >= 0.3 is 5.97 Å². The van der Waals surface area contributed by atoms with Gasteiger partial charge < -0.3 is 53.0 Å². The predicted octanol–water partition coefficient (Wildman–Crippen LogP) is 1.19. The van der Waals surface area contributed by atoms with E-state index in [2.05, 4.69) is 38.8 Å².